The van der Waals surface area contributed by atoms with Crippen LogP contribution in [-0.4, -0.2) is 57.4 Å². The first-order valence-corrected chi connectivity index (χ1v) is 11.8. The van der Waals surface area contributed by atoms with Gasteiger partial charge in [-0.05, 0) is 55.3 Å². The monoisotopic (exact) mass is 443 g/mol. The van der Waals surface area contributed by atoms with Crippen LogP contribution in [0.2, 0.25) is 0 Å². The molecule has 2 aliphatic heterocycles. The van der Waals surface area contributed by atoms with Gasteiger partial charge in [0.2, 0.25) is 15.9 Å². The lowest BCUT2D eigenvalue weighted by molar-refractivity contribution is -0.119. The van der Waals surface area contributed by atoms with Gasteiger partial charge in [-0.25, -0.2) is 8.42 Å². The number of hydrogen-bond acceptors (Lipinski definition) is 5. The topological polar surface area (TPSA) is 96.0 Å². The second-order valence-corrected chi connectivity index (χ2v) is 9.49. The number of nitrogens with one attached hydrogen (secondary N) is 1. The highest BCUT2D eigenvalue weighted by Gasteiger charge is 2.26. The minimum absolute atomic E-state index is 0.0988. The molecule has 2 aliphatic rings. The second kappa shape index (κ2) is 9.17. The van der Waals surface area contributed by atoms with E-state index in [9.17, 15) is 18.0 Å². The molecule has 0 unspecified atom stereocenters. The molecule has 0 radical (unpaired) electrons. The maximum absolute atomic E-state index is 12.8. The maximum Gasteiger partial charge on any atom is 0.255 e. The summed E-state index contributed by atoms with van der Waals surface area (Å²) in [7, 11) is -3.64. The van der Waals surface area contributed by atoms with E-state index < -0.39 is 10.0 Å². The van der Waals surface area contributed by atoms with Crippen molar-refractivity contribution in [3.8, 4) is 0 Å². The van der Waals surface area contributed by atoms with Crippen molar-refractivity contribution in [3.05, 3.63) is 54.1 Å². The third-order valence-electron chi connectivity index (χ3n) is 5.46. The highest BCUT2D eigenvalue weighted by molar-refractivity contribution is 7.89. The van der Waals surface area contributed by atoms with E-state index in [0.29, 0.717) is 50.5 Å². The molecule has 2 aromatic carbocycles. The zero-order valence-corrected chi connectivity index (χ0v) is 17.9. The molecule has 1 N–H and O–H groups in total. The number of rotatable bonds is 5. The van der Waals surface area contributed by atoms with Crippen molar-refractivity contribution in [2.24, 2.45) is 0 Å². The number of carbonyl (C=O) groups excluding carboxylic acids is 2. The van der Waals surface area contributed by atoms with Crippen molar-refractivity contribution in [2.45, 2.75) is 24.2 Å². The molecule has 0 spiro atoms. The molecule has 2 amide bonds. The van der Waals surface area contributed by atoms with E-state index in [1.807, 2.05) is 0 Å². The SMILES string of the molecule is O=C(Nc1cccc(S(=O)(=O)N2CCOCC2)c1)c1ccc(N2CCCCC2=O)cc1. The Hall–Kier alpha value is -2.75. The third kappa shape index (κ3) is 4.79. The molecule has 0 saturated carbocycles. The normalized spacial score (nSPS) is 18.1. The number of benzene rings is 2. The Kier molecular flexibility index (Phi) is 6.35. The first-order valence-electron chi connectivity index (χ1n) is 10.3. The van der Waals surface area contributed by atoms with Gasteiger partial charge in [-0.15, -0.1) is 0 Å². The van der Waals surface area contributed by atoms with Gasteiger partial charge in [-0.3, -0.25) is 9.59 Å². The van der Waals surface area contributed by atoms with Crippen LogP contribution in [0.3, 0.4) is 0 Å². The number of morpholine rings is 1. The fraction of sp³-hybridized carbons (Fsp3) is 0.364. The van der Waals surface area contributed by atoms with Crippen LogP contribution >= 0.6 is 0 Å². The standard InChI is InChI=1S/C22H25N3O5S/c26-21-6-1-2-11-25(21)19-9-7-17(8-10-19)22(27)23-18-4-3-5-20(16-18)31(28,29)24-12-14-30-15-13-24/h3-5,7-10,16H,1-2,6,11-15H2,(H,23,27). The van der Waals surface area contributed by atoms with Crippen LogP contribution in [-0.2, 0) is 19.6 Å². The van der Waals surface area contributed by atoms with Gasteiger partial charge >= 0.3 is 0 Å². The minimum atomic E-state index is -3.64. The highest BCUT2D eigenvalue weighted by atomic mass is 32.2. The van der Waals surface area contributed by atoms with Gasteiger partial charge < -0.3 is 15.0 Å². The van der Waals surface area contributed by atoms with E-state index in [1.54, 1.807) is 41.3 Å². The molecule has 2 aromatic rings. The van der Waals surface area contributed by atoms with Crippen LogP contribution in [0.5, 0.6) is 0 Å². The molecule has 8 nitrogen and oxygen atoms in total. The van der Waals surface area contributed by atoms with E-state index in [-0.39, 0.29) is 16.7 Å². The Morgan fingerprint density at radius 3 is 2.42 bits per heavy atom. The van der Waals surface area contributed by atoms with Crippen LogP contribution in [0.4, 0.5) is 11.4 Å². The molecule has 0 bridgehead atoms. The van der Waals surface area contributed by atoms with Gasteiger partial charge in [0.05, 0.1) is 18.1 Å². The molecule has 2 heterocycles. The summed E-state index contributed by atoms with van der Waals surface area (Å²) in [4.78, 5) is 26.6. The number of piperidine rings is 1. The van der Waals surface area contributed by atoms with E-state index in [1.165, 1.54) is 16.4 Å². The lowest BCUT2D eigenvalue weighted by Crippen LogP contribution is -2.40. The molecule has 2 fully saturated rings. The molecular formula is C22H25N3O5S. The number of ether oxygens (including phenoxy) is 1. The summed E-state index contributed by atoms with van der Waals surface area (Å²) in [5.74, 6) is -0.251. The Morgan fingerprint density at radius 2 is 1.71 bits per heavy atom. The molecule has 0 aromatic heterocycles. The molecule has 2 saturated heterocycles. The zero-order valence-electron chi connectivity index (χ0n) is 17.1. The molecule has 4 rings (SSSR count). The van der Waals surface area contributed by atoms with Gasteiger partial charge in [0.15, 0.2) is 0 Å². The van der Waals surface area contributed by atoms with Gasteiger partial charge in [0.1, 0.15) is 0 Å². The number of nitrogens with zero attached hydrogens (tertiary/aromatic N) is 2. The van der Waals surface area contributed by atoms with Crippen molar-refractivity contribution >= 4 is 33.2 Å². The maximum atomic E-state index is 12.8. The van der Waals surface area contributed by atoms with Crippen molar-refractivity contribution in [1.29, 1.82) is 0 Å². The molecule has 0 atom stereocenters. The number of amides is 2. The Bertz CT molecular complexity index is 1060. The summed E-state index contributed by atoms with van der Waals surface area (Å²) in [6.45, 7) is 2.05. The second-order valence-electron chi connectivity index (χ2n) is 7.55. The van der Waals surface area contributed by atoms with E-state index >= 15 is 0 Å². The summed E-state index contributed by atoms with van der Waals surface area (Å²) in [5, 5.41) is 2.75. The summed E-state index contributed by atoms with van der Waals surface area (Å²) < 4.78 is 32.3. The number of sulfonamides is 1. The van der Waals surface area contributed by atoms with Crippen LogP contribution < -0.4 is 10.2 Å². The summed E-state index contributed by atoms with van der Waals surface area (Å²) >= 11 is 0. The smallest absolute Gasteiger partial charge is 0.255 e. The van der Waals surface area contributed by atoms with Gasteiger partial charge in [-0.1, -0.05) is 6.07 Å². The van der Waals surface area contributed by atoms with Crippen molar-refractivity contribution in [2.75, 3.05) is 43.1 Å². The van der Waals surface area contributed by atoms with Crippen LogP contribution in [0.1, 0.15) is 29.6 Å². The van der Waals surface area contributed by atoms with E-state index in [4.69, 9.17) is 4.74 Å². The van der Waals surface area contributed by atoms with Crippen LogP contribution in [0.25, 0.3) is 0 Å². The summed E-state index contributed by atoms with van der Waals surface area (Å²) in [5.41, 5.74) is 1.60. The molecule has 164 valence electrons. The lowest BCUT2D eigenvalue weighted by Gasteiger charge is -2.26. The van der Waals surface area contributed by atoms with Crippen molar-refractivity contribution < 1.29 is 22.7 Å². The van der Waals surface area contributed by atoms with Crippen LogP contribution in [0, 0.1) is 0 Å². The number of hydrogen-bond donors (Lipinski definition) is 1. The molecule has 0 aliphatic carbocycles. The average molecular weight is 444 g/mol. The number of anilines is 2. The van der Waals surface area contributed by atoms with Crippen molar-refractivity contribution in [1.82, 2.24) is 4.31 Å². The average Bonchev–Trinajstić information content (AvgIpc) is 2.80. The van der Waals surface area contributed by atoms with Gasteiger partial charge in [-0.2, -0.15) is 4.31 Å². The Morgan fingerprint density at radius 1 is 0.968 bits per heavy atom. The van der Waals surface area contributed by atoms with E-state index in [2.05, 4.69) is 5.32 Å². The van der Waals surface area contributed by atoms with Gasteiger partial charge in [0.25, 0.3) is 5.91 Å². The summed E-state index contributed by atoms with van der Waals surface area (Å²) in [6, 6.07) is 13.1. The van der Waals surface area contributed by atoms with E-state index in [0.717, 1.165) is 18.5 Å². The highest BCUT2D eigenvalue weighted by Crippen LogP contribution is 2.23. The molecule has 9 heteroatoms. The predicted octanol–water partition coefficient (Wildman–Crippen LogP) is 2.48. The van der Waals surface area contributed by atoms with Crippen molar-refractivity contribution in [3.63, 3.8) is 0 Å². The minimum Gasteiger partial charge on any atom is -0.379 e. The van der Waals surface area contributed by atoms with Gasteiger partial charge in [0, 0.05) is 43.0 Å². The fourth-order valence-corrected chi connectivity index (χ4v) is 5.20. The quantitative estimate of drug-likeness (QED) is 0.766. The first kappa shape index (κ1) is 21.5. The Balaban J connectivity index is 1.46. The van der Waals surface area contributed by atoms with Crippen LogP contribution in [0.15, 0.2) is 53.4 Å². The molecule has 31 heavy (non-hydrogen) atoms. The zero-order chi connectivity index (χ0) is 21.8. The number of carbonyl (C=O) groups is 2. The first-order chi connectivity index (χ1) is 14.9. The summed E-state index contributed by atoms with van der Waals surface area (Å²) in [6.07, 6.45) is 2.43. The fourth-order valence-electron chi connectivity index (χ4n) is 3.75. The molecular weight excluding hydrogens is 418 g/mol. The lowest BCUT2D eigenvalue weighted by atomic mass is 10.1. The predicted molar refractivity (Wildman–Crippen MR) is 117 cm³/mol. The third-order valence-corrected chi connectivity index (χ3v) is 7.36. The largest absolute Gasteiger partial charge is 0.379 e. The Labute approximate surface area is 181 Å².